The summed E-state index contributed by atoms with van der Waals surface area (Å²) in [6, 6.07) is 0. The lowest BCUT2D eigenvalue weighted by atomic mass is 9.76. The van der Waals surface area contributed by atoms with Crippen LogP contribution < -0.4 is 0 Å². The minimum absolute atomic E-state index is 0.0981. The molecule has 0 saturated carbocycles. The Morgan fingerprint density at radius 2 is 2.00 bits per heavy atom. The van der Waals surface area contributed by atoms with Gasteiger partial charge >= 0.3 is 0 Å². The van der Waals surface area contributed by atoms with E-state index in [0.717, 1.165) is 23.0 Å². The topological polar surface area (TPSA) is 67.3 Å². The van der Waals surface area contributed by atoms with Gasteiger partial charge in [-0.1, -0.05) is 34.1 Å². The Labute approximate surface area is 140 Å². The van der Waals surface area contributed by atoms with Crippen LogP contribution in [0.25, 0.3) is 22.4 Å². The van der Waals surface area contributed by atoms with Gasteiger partial charge in [0.25, 0.3) is 0 Å². The minimum Gasteiger partial charge on any atom is -0.345 e. The Hall–Kier alpha value is -2.37. The van der Waals surface area contributed by atoms with Crippen LogP contribution in [-0.4, -0.2) is 24.9 Å². The number of halogens is 1. The van der Waals surface area contributed by atoms with Crippen molar-refractivity contribution in [2.75, 3.05) is 0 Å². The first-order valence-corrected chi connectivity index (χ1v) is 8.19. The van der Waals surface area contributed by atoms with E-state index in [0.29, 0.717) is 23.9 Å². The second-order valence-corrected chi connectivity index (χ2v) is 7.15. The lowest BCUT2D eigenvalue weighted by Crippen LogP contribution is -2.23. The third-order valence-corrected chi connectivity index (χ3v) is 4.57. The van der Waals surface area contributed by atoms with Crippen LogP contribution in [0.1, 0.15) is 39.8 Å². The van der Waals surface area contributed by atoms with Crippen LogP contribution in [-0.2, 0) is 6.42 Å². The second kappa shape index (κ2) is 6.26. The SMILES string of the molecule is CC[C@@H](Cc1nc(-c2c[nH]c3ncncc23)ncc1F)C(C)(C)C. The molecule has 0 amide bonds. The molecule has 0 fully saturated rings. The quantitative estimate of drug-likeness (QED) is 0.781. The molecule has 1 N–H and O–H groups in total. The molecule has 0 aliphatic heterocycles. The van der Waals surface area contributed by atoms with Crippen molar-refractivity contribution in [3.8, 4) is 11.4 Å². The molecule has 0 spiro atoms. The third kappa shape index (κ3) is 3.13. The van der Waals surface area contributed by atoms with Gasteiger partial charge in [-0.25, -0.2) is 24.3 Å². The fourth-order valence-corrected chi connectivity index (χ4v) is 3.02. The predicted octanol–water partition coefficient (Wildman–Crippen LogP) is 4.17. The standard InChI is InChI=1S/C18H22FN5/c1-5-11(18(2,3)4)6-15-14(19)9-22-17(24-15)13-8-21-16-12(13)7-20-10-23-16/h7-11H,5-6H2,1-4H3,(H,20,21,23)/t11-/m0/s1. The van der Waals surface area contributed by atoms with Gasteiger partial charge in [-0.05, 0) is 17.8 Å². The summed E-state index contributed by atoms with van der Waals surface area (Å²) in [5, 5.41) is 0.831. The number of fused-ring (bicyclic) bond motifs is 1. The Morgan fingerprint density at radius 1 is 1.21 bits per heavy atom. The highest BCUT2D eigenvalue weighted by atomic mass is 19.1. The molecule has 3 aromatic heterocycles. The van der Waals surface area contributed by atoms with Crippen molar-refractivity contribution < 1.29 is 4.39 Å². The number of rotatable bonds is 4. The van der Waals surface area contributed by atoms with E-state index in [4.69, 9.17) is 0 Å². The molecule has 0 saturated heterocycles. The van der Waals surface area contributed by atoms with Crippen LogP contribution in [0.5, 0.6) is 0 Å². The Morgan fingerprint density at radius 3 is 2.71 bits per heavy atom. The molecule has 3 aromatic rings. The van der Waals surface area contributed by atoms with E-state index in [1.165, 1.54) is 12.5 Å². The van der Waals surface area contributed by atoms with Gasteiger partial charge in [0.05, 0.1) is 11.9 Å². The molecule has 0 aliphatic carbocycles. The van der Waals surface area contributed by atoms with Gasteiger partial charge in [0.2, 0.25) is 0 Å². The minimum atomic E-state index is -0.349. The maximum Gasteiger partial charge on any atom is 0.163 e. The van der Waals surface area contributed by atoms with Crippen molar-refractivity contribution in [2.45, 2.75) is 40.5 Å². The maximum absolute atomic E-state index is 14.3. The van der Waals surface area contributed by atoms with Crippen LogP contribution in [0.4, 0.5) is 4.39 Å². The van der Waals surface area contributed by atoms with Gasteiger partial charge in [-0.3, -0.25) is 0 Å². The fourth-order valence-electron chi connectivity index (χ4n) is 3.02. The smallest absolute Gasteiger partial charge is 0.163 e. The van der Waals surface area contributed by atoms with E-state index in [-0.39, 0.29) is 11.2 Å². The zero-order chi connectivity index (χ0) is 17.3. The summed E-state index contributed by atoms with van der Waals surface area (Å²) >= 11 is 0. The van der Waals surface area contributed by atoms with E-state index in [1.807, 2.05) is 0 Å². The number of hydrogen-bond acceptors (Lipinski definition) is 4. The molecule has 3 heterocycles. The molecule has 5 nitrogen and oxygen atoms in total. The van der Waals surface area contributed by atoms with Crippen molar-refractivity contribution in [3.63, 3.8) is 0 Å². The van der Waals surface area contributed by atoms with Crippen LogP contribution in [0.2, 0.25) is 0 Å². The average Bonchev–Trinajstić information content (AvgIpc) is 2.97. The Balaban J connectivity index is 2.00. The normalized spacial score (nSPS) is 13.4. The van der Waals surface area contributed by atoms with Crippen molar-refractivity contribution in [3.05, 3.63) is 36.4 Å². The monoisotopic (exact) mass is 327 g/mol. The lowest BCUT2D eigenvalue weighted by Gasteiger charge is -2.29. The average molecular weight is 327 g/mol. The summed E-state index contributed by atoms with van der Waals surface area (Å²) in [6.07, 6.45) is 7.82. The van der Waals surface area contributed by atoms with E-state index in [1.54, 1.807) is 12.4 Å². The van der Waals surface area contributed by atoms with E-state index in [9.17, 15) is 4.39 Å². The highest BCUT2D eigenvalue weighted by Gasteiger charge is 2.25. The molecule has 3 rings (SSSR count). The molecule has 0 aliphatic rings. The summed E-state index contributed by atoms with van der Waals surface area (Å²) in [5.41, 5.74) is 2.07. The van der Waals surface area contributed by atoms with Crippen LogP contribution >= 0.6 is 0 Å². The zero-order valence-electron chi connectivity index (χ0n) is 14.5. The number of nitrogens with one attached hydrogen (secondary N) is 1. The van der Waals surface area contributed by atoms with Gasteiger partial charge in [-0.15, -0.1) is 0 Å². The molecule has 0 bridgehead atoms. The van der Waals surface area contributed by atoms with Gasteiger partial charge in [0.15, 0.2) is 11.6 Å². The molecular formula is C18H22FN5. The van der Waals surface area contributed by atoms with Crippen molar-refractivity contribution in [1.29, 1.82) is 0 Å². The van der Waals surface area contributed by atoms with Gasteiger partial charge in [0, 0.05) is 23.3 Å². The number of H-pyrrole nitrogens is 1. The van der Waals surface area contributed by atoms with Crippen LogP contribution in [0, 0.1) is 17.2 Å². The Kier molecular flexibility index (Phi) is 4.30. The van der Waals surface area contributed by atoms with Crippen molar-refractivity contribution in [1.82, 2.24) is 24.9 Å². The van der Waals surface area contributed by atoms with E-state index >= 15 is 0 Å². The largest absolute Gasteiger partial charge is 0.345 e. The van der Waals surface area contributed by atoms with E-state index < -0.39 is 0 Å². The molecule has 0 radical (unpaired) electrons. The van der Waals surface area contributed by atoms with Gasteiger partial charge < -0.3 is 4.98 Å². The molecule has 24 heavy (non-hydrogen) atoms. The number of aromatic amines is 1. The summed E-state index contributed by atoms with van der Waals surface area (Å²) in [4.78, 5) is 20.0. The highest BCUT2D eigenvalue weighted by Crippen LogP contribution is 2.32. The summed E-state index contributed by atoms with van der Waals surface area (Å²) < 4.78 is 14.3. The Bertz CT molecular complexity index is 850. The summed E-state index contributed by atoms with van der Waals surface area (Å²) in [5.74, 6) is 0.495. The van der Waals surface area contributed by atoms with Crippen LogP contribution in [0.15, 0.2) is 24.9 Å². The molecule has 1 atom stereocenters. The first-order valence-electron chi connectivity index (χ1n) is 8.19. The van der Waals surface area contributed by atoms with Crippen molar-refractivity contribution in [2.24, 2.45) is 11.3 Å². The number of hydrogen-bond donors (Lipinski definition) is 1. The summed E-state index contributed by atoms with van der Waals surface area (Å²) in [6.45, 7) is 8.67. The fraction of sp³-hybridized carbons (Fsp3) is 0.444. The first-order chi connectivity index (χ1) is 11.4. The third-order valence-electron chi connectivity index (χ3n) is 4.57. The molecule has 126 valence electrons. The van der Waals surface area contributed by atoms with Crippen LogP contribution in [0.3, 0.4) is 0 Å². The molecular weight excluding hydrogens is 305 g/mol. The summed E-state index contributed by atoms with van der Waals surface area (Å²) in [7, 11) is 0. The number of aromatic nitrogens is 5. The lowest BCUT2D eigenvalue weighted by molar-refractivity contribution is 0.228. The van der Waals surface area contributed by atoms with Gasteiger partial charge in [-0.2, -0.15) is 0 Å². The van der Waals surface area contributed by atoms with E-state index in [2.05, 4.69) is 52.6 Å². The zero-order valence-corrected chi connectivity index (χ0v) is 14.5. The molecule has 6 heteroatoms. The van der Waals surface area contributed by atoms with Gasteiger partial charge in [0.1, 0.15) is 12.0 Å². The molecule has 0 unspecified atom stereocenters. The second-order valence-electron chi connectivity index (χ2n) is 7.15. The van der Waals surface area contributed by atoms with Crippen molar-refractivity contribution >= 4 is 11.0 Å². The molecule has 0 aromatic carbocycles. The maximum atomic E-state index is 14.3. The highest BCUT2D eigenvalue weighted by molar-refractivity contribution is 5.90. The predicted molar refractivity (Wildman–Crippen MR) is 91.8 cm³/mol. The first kappa shape index (κ1) is 16.5. The number of nitrogens with zero attached hydrogens (tertiary/aromatic N) is 4.